The minimum absolute atomic E-state index is 0.0429. The van der Waals surface area contributed by atoms with Crippen LogP contribution in [-0.4, -0.2) is 57.0 Å². The first-order valence-electron chi connectivity index (χ1n) is 11.6. The lowest BCUT2D eigenvalue weighted by Gasteiger charge is -2.36. The van der Waals surface area contributed by atoms with E-state index in [0.717, 1.165) is 11.4 Å². The average Bonchev–Trinajstić information content (AvgIpc) is 3.43. The van der Waals surface area contributed by atoms with Gasteiger partial charge in [0.05, 0.1) is 22.8 Å². The second kappa shape index (κ2) is 9.22. The van der Waals surface area contributed by atoms with Gasteiger partial charge in [-0.05, 0) is 63.1 Å². The SMILES string of the molecule is Cc1ccc(-n2nnc(-c3nc(C)c(C(=O)N4CCN(c5ccccc5F)CC4)s3)c2C)cc1C. The second-order valence-electron chi connectivity index (χ2n) is 8.87. The molecule has 5 rings (SSSR count). The van der Waals surface area contributed by atoms with Crippen molar-refractivity contribution in [2.45, 2.75) is 27.7 Å². The van der Waals surface area contributed by atoms with E-state index in [0.29, 0.717) is 53.1 Å². The van der Waals surface area contributed by atoms with Crippen molar-refractivity contribution in [2.24, 2.45) is 0 Å². The second-order valence-corrected chi connectivity index (χ2v) is 9.87. The van der Waals surface area contributed by atoms with Crippen molar-refractivity contribution >= 4 is 22.9 Å². The van der Waals surface area contributed by atoms with Crippen LogP contribution in [0.15, 0.2) is 42.5 Å². The number of hydrogen-bond acceptors (Lipinski definition) is 6. The van der Waals surface area contributed by atoms with Crippen LogP contribution in [0.3, 0.4) is 0 Å². The zero-order chi connectivity index (χ0) is 24.7. The number of benzene rings is 2. The Bertz CT molecular complexity index is 1400. The number of anilines is 1. The molecular formula is C26H27FN6OS. The van der Waals surface area contributed by atoms with Gasteiger partial charge in [-0.15, -0.1) is 16.4 Å². The van der Waals surface area contributed by atoms with E-state index in [9.17, 15) is 9.18 Å². The van der Waals surface area contributed by atoms with Gasteiger partial charge in [-0.3, -0.25) is 4.79 Å². The number of hydrogen-bond donors (Lipinski definition) is 0. The fourth-order valence-corrected chi connectivity index (χ4v) is 5.40. The highest BCUT2D eigenvalue weighted by Crippen LogP contribution is 2.31. The molecule has 180 valence electrons. The van der Waals surface area contributed by atoms with E-state index in [1.807, 2.05) is 40.5 Å². The highest BCUT2D eigenvalue weighted by Gasteiger charge is 2.27. The Balaban J connectivity index is 1.34. The third-order valence-electron chi connectivity index (χ3n) is 6.58. The minimum atomic E-state index is -0.237. The van der Waals surface area contributed by atoms with Gasteiger partial charge >= 0.3 is 0 Å². The van der Waals surface area contributed by atoms with Crippen molar-refractivity contribution in [1.29, 1.82) is 0 Å². The molecule has 0 radical (unpaired) electrons. The van der Waals surface area contributed by atoms with Crippen LogP contribution in [-0.2, 0) is 0 Å². The Morgan fingerprint density at radius 2 is 1.71 bits per heavy atom. The molecule has 0 atom stereocenters. The van der Waals surface area contributed by atoms with Crippen LogP contribution in [0.4, 0.5) is 10.1 Å². The lowest BCUT2D eigenvalue weighted by molar-refractivity contribution is 0.0750. The van der Waals surface area contributed by atoms with Crippen LogP contribution in [0, 0.1) is 33.5 Å². The van der Waals surface area contributed by atoms with E-state index in [4.69, 9.17) is 0 Å². The molecule has 1 aliphatic rings. The van der Waals surface area contributed by atoms with Crippen molar-refractivity contribution in [1.82, 2.24) is 24.9 Å². The van der Waals surface area contributed by atoms with Crippen LogP contribution in [0.5, 0.6) is 0 Å². The van der Waals surface area contributed by atoms with Gasteiger partial charge in [-0.1, -0.05) is 23.4 Å². The fraction of sp³-hybridized carbons (Fsp3) is 0.308. The van der Waals surface area contributed by atoms with Gasteiger partial charge in [-0.25, -0.2) is 14.1 Å². The highest BCUT2D eigenvalue weighted by atomic mass is 32.1. The monoisotopic (exact) mass is 490 g/mol. The summed E-state index contributed by atoms with van der Waals surface area (Å²) in [6, 6.07) is 12.9. The Labute approximate surface area is 207 Å². The van der Waals surface area contributed by atoms with Crippen LogP contribution in [0.2, 0.25) is 0 Å². The summed E-state index contributed by atoms with van der Waals surface area (Å²) < 4.78 is 16.0. The van der Waals surface area contributed by atoms with Crippen molar-refractivity contribution in [3.8, 4) is 16.4 Å². The number of rotatable bonds is 4. The van der Waals surface area contributed by atoms with Crippen molar-refractivity contribution in [3.63, 3.8) is 0 Å². The largest absolute Gasteiger partial charge is 0.366 e. The summed E-state index contributed by atoms with van der Waals surface area (Å²) in [5, 5.41) is 9.42. The lowest BCUT2D eigenvalue weighted by atomic mass is 10.1. The molecular weight excluding hydrogens is 463 g/mol. The molecule has 1 amide bonds. The molecule has 0 unspecified atom stereocenters. The zero-order valence-corrected chi connectivity index (χ0v) is 21.1. The van der Waals surface area contributed by atoms with Gasteiger partial charge in [0.1, 0.15) is 21.4 Å². The third-order valence-corrected chi connectivity index (χ3v) is 7.74. The van der Waals surface area contributed by atoms with Gasteiger partial charge in [0.2, 0.25) is 0 Å². The number of halogens is 1. The Morgan fingerprint density at radius 1 is 0.971 bits per heavy atom. The molecule has 0 saturated carbocycles. The van der Waals surface area contributed by atoms with E-state index >= 15 is 0 Å². The molecule has 2 aromatic carbocycles. The number of carbonyl (C=O) groups is 1. The van der Waals surface area contributed by atoms with Crippen LogP contribution < -0.4 is 4.90 Å². The van der Waals surface area contributed by atoms with Crippen molar-refractivity contribution in [2.75, 3.05) is 31.1 Å². The minimum Gasteiger partial charge on any atom is -0.366 e. The number of aromatic nitrogens is 4. The number of piperazine rings is 1. The average molecular weight is 491 g/mol. The number of carbonyl (C=O) groups excluding carboxylic acids is 1. The van der Waals surface area contributed by atoms with Gasteiger partial charge < -0.3 is 9.80 Å². The maximum absolute atomic E-state index is 14.2. The Morgan fingerprint density at radius 3 is 2.43 bits per heavy atom. The molecule has 35 heavy (non-hydrogen) atoms. The first-order valence-corrected chi connectivity index (χ1v) is 12.4. The number of amides is 1. The summed E-state index contributed by atoms with van der Waals surface area (Å²) in [4.78, 5) is 22.4. The van der Waals surface area contributed by atoms with E-state index in [1.165, 1.54) is 28.5 Å². The number of para-hydroxylation sites is 1. The van der Waals surface area contributed by atoms with Gasteiger partial charge in [0.15, 0.2) is 0 Å². The van der Waals surface area contributed by atoms with Crippen LogP contribution in [0.1, 0.15) is 32.2 Å². The molecule has 0 aliphatic carbocycles. The predicted octanol–water partition coefficient (Wildman–Crippen LogP) is 4.73. The lowest BCUT2D eigenvalue weighted by Crippen LogP contribution is -2.49. The molecule has 1 saturated heterocycles. The van der Waals surface area contributed by atoms with Crippen molar-refractivity contribution in [3.05, 3.63) is 75.7 Å². The Hall–Kier alpha value is -3.59. The standard InChI is InChI=1S/C26H27FN6OS/c1-16-9-10-20(15-17(16)2)33-19(4)23(29-30-33)25-28-18(3)24(35-25)26(34)32-13-11-31(12-14-32)22-8-6-5-7-21(22)27/h5-10,15H,11-14H2,1-4H3. The zero-order valence-electron chi connectivity index (χ0n) is 20.2. The van der Waals surface area contributed by atoms with E-state index in [1.54, 1.807) is 12.1 Å². The van der Waals surface area contributed by atoms with Gasteiger partial charge in [-0.2, -0.15) is 0 Å². The Kier molecular flexibility index (Phi) is 6.10. The third kappa shape index (κ3) is 4.32. The molecule has 1 fully saturated rings. The molecule has 3 heterocycles. The molecule has 0 N–H and O–H groups in total. The van der Waals surface area contributed by atoms with E-state index in [-0.39, 0.29) is 11.7 Å². The fourth-order valence-electron chi connectivity index (χ4n) is 4.33. The quantitative estimate of drug-likeness (QED) is 0.414. The number of nitrogens with zero attached hydrogens (tertiary/aromatic N) is 6. The maximum atomic E-state index is 14.2. The summed E-state index contributed by atoms with van der Waals surface area (Å²) in [6.45, 7) is 10.2. The molecule has 2 aromatic heterocycles. The van der Waals surface area contributed by atoms with Gasteiger partial charge in [0.25, 0.3) is 5.91 Å². The maximum Gasteiger partial charge on any atom is 0.265 e. The predicted molar refractivity (Wildman–Crippen MR) is 136 cm³/mol. The summed E-state index contributed by atoms with van der Waals surface area (Å²) in [6.07, 6.45) is 0. The summed E-state index contributed by atoms with van der Waals surface area (Å²) in [5.74, 6) is -0.280. The number of thiazole rings is 1. The molecule has 9 heteroatoms. The first kappa shape index (κ1) is 23.2. The smallest absolute Gasteiger partial charge is 0.265 e. The molecule has 7 nitrogen and oxygen atoms in total. The summed E-state index contributed by atoms with van der Waals surface area (Å²) in [7, 11) is 0. The van der Waals surface area contributed by atoms with Crippen LogP contribution in [0.25, 0.3) is 16.4 Å². The molecule has 0 bridgehead atoms. The molecule has 0 spiro atoms. The normalized spacial score (nSPS) is 14.0. The topological polar surface area (TPSA) is 67.2 Å². The van der Waals surface area contributed by atoms with Crippen LogP contribution >= 0.6 is 11.3 Å². The van der Waals surface area contributed by atoms with Gasteiger partial charge in [0, 0.05) is 26.2 Å². The van der Waals surface area contributed by atoms with E-state index < -0.39 is 0 Å². The highest BCUT2D eigenvalue weighted by molar-refractivity contribution is 7.17. The van der Waals surface area contributed by atoms with Crippen molar-refractivity contribution < 1.29 is 9.18 Å². The molecule has 4 aromatic rings. The first-order chi connectivity index (χ1) is 16.8. The van der Waals surface area contributed by atoms with E-state index in [2.05, 4.69) is 41.3 Å². The molecule has 1 aliphatic heterocycles. The summed E-state index contributed by atoms with van der Waals surface area (Å²) >= 11 is 1.35. The number of aryl methyl sites for hydroxylation is 3. The summed E-state index contributed by atoms with van der Waals surface area (Å²) in [5.41, 5.74) is 6.18.